The molecule has 1 amide bonds. The molecule has 4 nitrogen and oxygen atoms in total. The van der Waals surface area contributed by atoms with Gasteiger partial charge in [0.2, 0.25) is 5.91 Å². The minimum atomic E-state index is -0.0778. The highest BCUT2D eigenvalue weighted by atomic mass is 35.5. The van der Waals surface area contributed by atoms with Gasteiger partial charge in [0.05, 0.1) is 12.4 Å². The van der Waals surface area contributed by atoms with Crippen molar-refractivity contribution in [2.45, 2.75) is 12.3 Å². The first kappa shape index (κ1) is 19.7. The molecule has 1 atom stereocenters. The van der Waals surface area contributed by atoms with E-state index in [4.69, 9.17) is 21.1 Å². The summed E-state index contributed by atoms with van der Waals surface area (Å²) in [4.78, 5) is 14.4. The van der Waals surface area contributed by atoms with E-state index in [1.807, 2.05) is 72.5 Å². The number of halogens is 1. The first-order valence-corrected chi connectivity index (χ1v) is 10.8. The summed E-state index contributed by atoms with van der Waals surface area (Å²) in [7, 11) is 0. The molecular formula is C23H20ClNO3S. The lowest BCUT2D eigenvalue weighted by Crippen LogP contribution is -2.27. The molecule has 148 valence electrons. The predicted octanol–water partition coefficient (Wildman–Crippen LogP) is 6.31. The monoisotopic (exact) mass is 425 g/mol. The van der Waals surface area contributed by atoms with Crippen LogP contribution in [0.2, 0.25) is 5.02 Å². The van der Waals surface area contributed by atoms with Crippen molar-refractivity contribution in [1.29, 1.82) is 0 Å². The molecule has 4 rings (SSSR count). The molecule has 0 bridgehead atoms. The number of rotatable bonds is 6. The number of anilines is 1. The Balaban J connectivity index is 1.54. The molecule has 6 heteroatoms. The largest absolute Gasteiger partial charge is 0.494 e. The summed E-state index contributed by atoms with van der Waals surface area (Å²) in [5.74, 6) is 2.77. The van der Waals surface area contributed by atoms with Gasteiger partial charge in [0.1, 0.15) is 22.6 Å². The molecule has 1 heterocycles. The second kappa shape index (κ2) is 8.80. The van der Waals surface area contributed by atoms with Crippen LogP contribution in [0.3, 0.4) is 0 Å². The molecule has 1 saturated heterocycles. The van der Waals surface area contributed by atoms with Gasteiger partial charge < -0.3 is 9.47 Å². The summed E-state index contributed by atoms with van der Waals surface area (Å²) >= 11 is 7.53. The molecule has 0 aliphatic carbocycles. The van der Waals surface area contributed by atoms with Crippen molar-refractivity contribution in [3.05, 3.63) is 83.4 Å². The van der Waals surface area contributed by atoms with Crippen LogP contribution in [-0.4, -0.2) is 18.3 Å². The summed E-state index contributed by atoms with van der Waals surface area (Å²) in [6.07, 6.45) is 0. The lowest BCUT2D eigenvalue weighted by atomic mass is 10.1. The molecule has 3 aromatic carbocycles. The molecule has 0 saturated carbocycles. The van der Waals surface area contributed by atoms with Crippen LogP contribution in [0.5, 0.6) is 17.2 Å². The lowest BCUT2D eigenvalue weighted by Gasteiger charge is -2.25. The van der Waals surface area contributed by atoms with Gasteiger partial charge in [0.15, 0.2) is 0 Å². The van der Waals surface area contributed by atoms with Gasteiger partial charge in [-0.3, -0.25) is 9.69 Å². The summed E-state index contributed by atoms with van der Waals surface area (Å²) in [5.41, 5.74) is 1.89. The molecular weight excluding hydrogens is 406 g/mol. The van der Waals surface area contributed by atoms with E-state index in [2.05, 4.69) is 0 Å². The van der Waals surface area contributed by atoms with Crippen molar-refractivity contribution in [2.24, 2.45) is 0 Å². The van der Waals surface area contributed by atoms with Crippen LogP contribution >= 0.6 is 23.4 Å². The number of carbonyl (C=O) groups excluding carboxylic acids is 1. The Hall–Kier alpha value is -2.63. The fourth-order valence-electron chi connectivity index (χ4n) is 3.19. The number of ether oxygens (including phenoxy) is 2. The Morgan fingerprint density at radius 1 is 1.00 bits per heavy atom. The van der Waals surface area contributed by atoms with Crippen LogP contribution in [0.4, 0.5) is 5.69 Å². The third-order valence-electron chi connectivity index (χ3n) is 4.49. The Bertz CT molecular complexity index is 992. The fraction of sp³-hybridized carbons (Fsp3) is 0.174. The number of hydrogen-bond donors (Lipinski definition) is 0. The average Bonchev–Trinajstić information content (AvgIpc) is 3.12. The molecule has 1 fully saturated rings. The first-order valence-electron chi connectivity index (χ1n) is 9.34. The summed E-state index contributed by atoms with van der Waals surface area (Å²) in [6, 6.07) is 22.7. The highest BCUT2D eigenvalue weighted by Crippen LogP contribution is 2.42. The van der Waals surface area contributed by atoms with Crippen LogP contribution in [0.15, 0.2) is 72.8 Å². The molecule has 1 aliphatic heterocycles. The van der Waals surface area contributed by atoms with Crippen molar-refractivity contribution in [2.75, 3.05) is 17.3 Å². The van der Waals surface area contributed by atoms with Crippen LogP contribution in [0, 0.1) is 0 Å². The van der Waals surface area contributed by atoms with Crippen molar-refractivity contribution in [3.8, 4) is 17.2 Å². The highest BCUT2D eigenvalue weighted by molar-refractivity contribution is 8.00. The number of hydrogen-bond acceptors (Lipinski definition) is 4. The number of benzene rings is 3. The van der Waals surface area contributed by atoms with Crippen LogP contribution < -0.4 is 14.4 Å². The number of thioether (sulfide) groups is 1. The second-order valence-corrected chi connectivity index (χ2v) is 7.99. The minimum absolute atomic E-state index is 0.0778. The fourth-order valence-corrected chi connectivity index (χ4v) is 4.48. The van der Waals surface area contributed by atoms with Crippen molar-refractivity contribution >= 4 is 35.0 Å². The Labute approximate surface area is 179 Å². The SMILES string of the molecule is CCOc1cccc(C2SCC(=O)N2c2ccc(Oc3ccc(Cl)cc3)cc2)c1. The smallest absolute Gasteiger partial charge is 0.238 e. The van der Waals surface area contributed by atoms with E-state index in [0.717, 1.165) is 17.0 Å². The van der Waals surface area contributed by atoms with Crippen molar-refractivity contribution in [3.63, 3.8) is 0 Å². The predicted molar refractivity (Wildman–Crippen MR) is 118 cm³/mol. The lowest BCUT2D eigenvalue weighted by molar-refractivity contribution is -0.115. The summed E-state index contributed by atoms with van der Waals surface area (Å²) < 4.78 is 11.5. The van der Waals surface area contributed by atoms with E-state index >= 15 is 0 Å². The zero-order chi connectivity index (χ0) is 20.2. The maximum Gasteiger partial charge on any atom is 0.238 e. The van der Waals surface area contributed by atoms with Gasteiger partial charge in [0.25, 0.3) is 0 Å². The highest BCUT2D eigenvalue weighted by Gasteiger charge is 2.34. The van der Waals surface area contributed by atoms with Gasteiger partial charge in [0, 0.05) is 10.7 Å². The Morgan fingerprint density at radius 2 is 1.69 bits per heavy atom. The topological polar surface area (TPSA) is 38.8 Å². The Kier molecular flexibility index (Phi) is 5.97. The number of amides is 1. The standard InChI is InChI=1S/C23H20ClNO3S/c1-2-27-21-5-3-4-16(14-21)23-25(22(26)15-29-23)18-8-12-20(13-9-18)28-19-10-6-17(24)7-11-19/h3-14,23H,2,15H2,1H3. The molecule has 3 aromatic rings. The van der Waals surface area contributed by atoms with E-state index in [9.17, 15) is 4.79 Å². The molecule has 0 spiro atoms. The van der Waals surface area contributed by atoms with Crippen molar-refractivity contribution in [1.82, 2.24) is 0 Å². The zero-order valence-electron chi connectivity index (χ0n) is 15.9. The zero-order valence-corrected chi connectivity index (χ0v) is 17.5. The number of nitrogens with zero attached hydrogens (tertiary/aromatic N) is 1. The maximum absolute atomic E-state index is 12.6. The minimum Gasteiger partial charge on any atom is -0.494 e. The van der Waals surface area contributed by atoms with Gasteiger partial charge in [-0.1, -0.05) is 23.7 Å². The Morgan fingerprint density at radius 3 is 2.38 bits per heavy atom. The van der Waals surface area contributed by atoms with Gasteiger partial charge in [-0.25, -0.2) is 0 Å². The molecule has 0 aromatic heterocycles. The van der Waals surface area contributed by atoms with Crippen LogP contribution in [0.1, 0.15) is 17.9 Å². The van der Waals surface area contributed by atoms with Gasteiger partial charge in [-0.2, -0.15) is 0 Å². The molecule has 0 radical (unpaired) electrons. The first-order chi connectivity index (χ1) is 14.1. The molecule has 0 N–H and O–H groups in total. The van der Waals surface area contributed by atoms with E-state index in [1.54, 1.807) is 23.9 Å². The second-order valence-electron chi connectivity index (χ2n) is 6.48. The van der Waals surface area contributed by atoms with Gasteiger partial charge >= 0.3 is 0 Å². The van der Waals surface area contributed by atoms with Gasteiger partial charge in [-0.05, 0) is 73.2 Å². The third kappa shape index (κ3) is 4.52. The third-order valence-corrected chi connectivity index (χ3v) is 5.95. The van der Waals surface area contributed by atoms with Crippen molar-refractivity contribution < 1.29 is 14.3 Å². The van der Waals surface area contributed by atoms with Crippen LogP contribution in [0.25, 0.3) is 0 Å². The molecule has 29 heavy (non-hydrogen) atoms. The summed E-state index contributed by atoms with van der Waals surface area (Å²) in [5, 5.41) is 0.586. The van der Waals surface area contributed by atoms with Gasteiger partial charge in [-0.15, -0.1) is 11.8 Å². The summed E-state index contributed by atoms with van der Waals surface area (Å²) in [6.45, 7) is 2.57. The van der Waals surface area contributed by atoms with E-state index in [0.29, 0.717) is 28.9 Å². The normalized spacial score (nSPS) is 16.1. The maximum atomic E-state index is 12.6. The average molecular weight is 426 g/mol. The van der Waals surface area contributed by atoms with E-state index in [-0.39, 0.29) is 11.3 Å². The van der Waals surface area contributed by atoms with E-state index < -0.39 is 0 Å². The quantitative estimate of drug-likeness (QED) is 0.464. The number of carbonyl (C=O) groups is 1. The van der Waals surface area contributed by atoms with Crippen LogP contribution in [-0.2, 0) is 4.79 Å². The van der Waals surface area contributed by atoms with E-state index in [1.165, 1.54) is 0 Å². The molecule has 1 unspecified atom stereocenters. The molecule has 1 aliphatic rings.